The van der Waals surface area contributed by atoms with E-state index in [9.17, 15) is 5.11 Å². The molecule has 1 heteroatoms. The van der Waals surface area contributed by atoms with Gasteiger partial charge in [0.25, 0.3) is 0 Å². The molecule has 0 saturated heterocycles. The van der Waals surface area contributed by atoms with Gasteiger partial charge < -0.3 is 5.11 Å². The van der Waals surface area contributed by atoms with E-state index < -0.39 is 0 Å². The Morgan fingerprint density at radius 3 is 1.65 bits per heavy atom. The third kappa shape index (κ3) is 2.78. The Kier molecular flexibility index (Phi) is 4.00. The summed E-state index contributed by atoms with van der Waals surface area (Å²) in [6.07, 6.45) is 0. The third-order valence-corrected chi connectivity index (χ3v) is 6.13. The lowest BCUT2D eigenvalue weighted by Gasteiger charge is -2.18. The van der Waals surface area contributed by atoms with Crippen molar-refractivity contribution >= 4 is 32.3 Å². The molecule has 0 aliphatic carbocycles. The zero-order valence-corrected chi connectivity index (χ0v) is 16.9. The van der Waals surface area contributed by atoms with Crippen molar-refractivity contribution in [2.45, 2.75) is 0 Å². The lowest BCUT2D eigenvalue weighted by atomic mass is 9.85. The number of aromatic hydroxyl groups is 1. The van der Waals surface area contributed by atoms with Crippen molar-refractivity contribution in [2.24, 2.45) is 0 Å². The molecule has 0 heterocycles. The minimum atomic E-state index is 0.291. The van der Waals surface area contributed by atoms with Crippen LogP contribution in [0.15, 0.2) is 115 Å². The van der Waals surface area contributed by atoms with E-state index in [4.69, 9.17) is 0 Å². The number of hydrogen-bond donors (Lipinski definition) is 1. The van der Waals surface area contributed by atoms with Crippen molar-refractivity contribution in [1.82, 2.24) is 0 Å². The molecule has 146 valence electrons. The van der Waals surface area contributed by atoms with Gasteiger partial charge in [-0.1, -0.05) is 103 Å². The van der Waals surface area contributed by atoms with Crippen LogP contribution in [0.3, 0.4) is 0 Å². The molecule has 0 unspecified atom stereocenters. The molecule has 0 atom stereocenters. The molecule has 6 aromatic carbocycles. The van der Waals surface area contributed by atoms with Crippen LogP contribution >= 0.6 is 0 Å². The monoisotopic (exact) mass is 396 g/mol. The average molecular weight is 396 g/mol. The van der Waals surface area contributed by atoms with E-state index in [0.29, 0.717) is 5.75 Å². The van der Waals surface area contributed by atoms with Gasteiger partial charge in [-0.2, -0.15) is 0 Å². The fourth-order valence-corrected chi connectivity index (χ4v) is 4.82. The van der Waals surface area contributed by atoms with Crippen molar-refractivity contribution in [3.63, 3.8) is 0 Å². The van der Waals surface area contributed by atoms with Gasteiger partial charge in [-0.05, 0) is 66.7 Å². The van der Waals surface area contributed by atoms with Crippen LogP contribution in [0, 0.1) is 0 Å². The van der Waals surface area contributed by atoms with Gasteiger partial charge in [-0.15, -0.1) is 0 Å². The van der Waals surface area contributed by atoms with E-state index in [1.165, 1.54) is 43.8 Å². The normalized spacial score (nSPS) is 11.4. The zero-order valence-electron chi connectivity index (χ0n) is 16.9. The Bertz CT molecular complexity index is 1520. The molecule has 0 bridgehead atoms. The van der Waals surface area contributed by atoms with Crippen molar-refractivity contribution in [1.29, 1.82) is 0 Å². The quantitative estimate of drug-likeness (QED) is 0.293. The van der Waals surface area contributed by atoms with E-state index in [0.717, 1.165) is 10.8 Å². The van der Waals surface area contributed by atoms with E-state index in [2.05, 4.69) is 97.1 Å². The summed E-state index contributed by atoms with van der Waals surface area (Å²) in [6, 6.07) is 40.0. The first-order chi connectivity index (χ1) is 15.3. The molecule has 0 spiro atoms. The lowest BCUT2D eigenvalue weighted by Crippen LogP contribution is -1.91. The molecular formula is C30H20O. The van der Waals surface area contributed by atoms with Crippen molar-refractivity contribution in [2.75, 3.05) is 0 Å². The Balaban J connectivity index is 1.83. The number of phenolic OH excluding ortho intramolecular Hbond substituents is 1. The predicted octanol–water partition coefficient (Wildman–Crippen LogP) is 8.19. The van der Waals surface area contributed by atoms with Crippen LogP contribution in [-0.4, -0.2) is 5.11 Å². The fraction of sp³-hybridized carbons (Fsp3) is 0. The number of benzene rings is 6. The first-order valence-electron chi connectivity index (χ1n) is 10.5. The van der Waals surface area contributed by atoms with Gasteiger partial charge in [0.05, 0.1) is 0 Å². The number of rotatable bonds is 2. The van der Waals surface area contributed by atoms with Gasteiger partial charge in [-0.25, -0.2) is 0 Å². The highest BCUT2D eigenvalue weighted by molar-refractivity contribution is 6.23. The third-order valence-electron chi connectivity index (χ3n) is 6.13. The minimum absolute atomic E-state index is 0.291. The first-order valence-corrected chi connectivity index (χ1v) is 10.5. The van der Waals surface area contributed by atoms with E-state index in [1.54, 1.807) is 6.07 Å². The Hall–Kier alpha value is -4.10. The summed E-state index contributed by atoms with van der Waals surface area (Å²) >= 11 is 0. The number of fused-ring (bicyclic) bond motifs is 3. The smallest absolute Gasteiger partial charge is 0.116 e. The first kappa shape index (κ1) is 17.7. The molecule has 0 aliphatic heterocycles. The molecular weight excluding hydrogens is 376 g/mol. The van der Waals surface area contributed by atoms with Crippen molar-refractivity contribution in [3.05, 3.63) is 115 Å². The number of phenols is 1. The van der Waals surface area contributed by atoms with Crippen LogP contribution < -0.4 is 0 Å². The van der Waals surface area contributed by atoms with Crippen LogP contribution in [0.25, 0.3) is 54.6 Å². The van der Waals surface area contributed by atoms with Gasteiger partial charge >= 0.3 is 0 Å². The standard InChI is InChI=1S/C30H20O/c31-22-17-18-23-21(19-22)11-8-16-24(23)30-27-14-6-4-12-25(27)29(20-9-2-1-3-10-20)26-13-5-7-15-28(26)30/h1-19,31H. The van der Waals surface area contributed by atoms with Crippen LogP contribution in [0.4, 0.5) is 0 Å². The maximum atomic E-state index is 10.00. The zero-order chi connectivity index (χ0) is 20.8. The molecule has 31 heavy (non-hydrogen) atoms. The Morgan fingerprint density at radius 2 is 1.00 bits per heavy atom. The van der Waals surface area contributed by atoms with Gasteiger partial charge in [0.1, 0.15) is 5.75 Å². The molecule has 6 rings (SSSR count). The van der Waals surface area contributed by atoms with Crippen molar-refractivity contribution < 1.29 is 5.11 Å². The summed E-state index contributed by atoms with van der Waals surface area (Å²) in [4.78, 5) is 0. The SMILES string of the molecule is Oc1ccc2c(-c3c4ccccc4c(-c4ccccc4)c4ccccc34)cccc2c1. The molecule has 6 aromatic rings. The van der Waals surface area contributed by atoms with Gasteiger partial charge in [0, 0.05) is 0 Å². The molecule has 0 saturated carbocycles. The largest absolute Gasteiger partial charge is 0.508 e. The molecule has 1 N–H and O–H groups in total. The summed E-state index contributed by atoms with van der Waals surface area (Å²) in [5, 5.41) is 17.1. The lowest BCUT2D eigenvalue weighted by molar-refractivity contribution is 0.476. The van der Waals surface area contributed by atoms with Crippen molar-refractivity contribution in [3.8, 4) is 28.0 Å². The van der Waals surface area contributed by atoms with Gasteiger partial charge in [0.2, 0.25) is 0 Å². The van der Waals surface area contributed by atoms with E-state index >= 15 is 0 Å². The minimum Gasteiger partial charge on any atom is -0.508 e. The average Bonchev–Trinajstić information content (AvgIpc) is 2.82. The second-order valence-corrected chi connectivity index (χ2v) is 7.92. The van der Waals surface area contributed by atoms with E-state index in [-0.39, 0.29) is 0 Å². The second kappa shape index (κ2) is 7.00. The Morgan fingerprint density at radius 1 is 0.419 bits per heavy atom. The summed E-state index contributed by atoms with van der Waals surface area (Å²) in [5.41, 5.74) is 4.92. The van der Waals surface area contributed by atoms with Crippen LogP contribution in [-0.2, 0) is 0 Å². The molecule has 0 aliphatic rings. The van der Waals surface area contributed by atoms with E-state index in [1.807, 2.05) is 12.1 Å². The van der Waals surface area contributed by atoms with Crippen LogP contribution in [0.2, 0.25) is 0 Å². The summed E-state index contributed by atoms with van der Waals surface area (Å²) in [5.74, 6) is 0.291. The molecule has 0 fully saturated rings. The number of hydrogen-bond acceptors (Lipinski definition) is 1. The molecule has 1 nitrogen and oxygen atoms in total. The summed E-state index contributed by atoms with van der Waals surface area (Å²) in [7, 11) is 0. The second-order valence-electron chi connectivity index (χ2n) is 7.92. The van der Waals surface area contributed by atoms with Crippen LogP contribution in [0.5, 0.6) is 5.75 Å². The molecule has 0 aromatic heterocycles. The van der Waals surface area contributed by atoms with Crippen LogP contribution in [0.1, 0.15) is 0 Å². The van der Waals surface area contributed by atoms with Gasteiger partial charge in [0.15, 0.2) is 0 Å². The highest BCUT2D eigenvalue weighted by atomic mass is 16.3. The highest BCUT2D eigenvalue weighted by Gasteiger charge is 2.17. The van der Waals surface area contributed by atoms with Gasteiger partial charge in [-0.3, -0.25) is 0 Å². The maximum Gasteiger partial charge on any atom is 0.116 e. The summed E-state index contributed by atoms with van der Waals surface area (Å²) < 4.78 is 0. The fourth-order valence-electron chi connectivity index (χ4n) is 4.82. The Labute approximate surface area is 180 Å². The highest BCUT2D eigenvalue weighted by Crippen LogP contribution is 2.45. The topological polar surface area (TPSA) is 20.2 Å². The maximum absolute atomic E-state index is 10.00. The predicted molar refractivity (Wildman–Crippen MR) is 131 cm³/mol. The summed E-state index contributed by atoms with van der Waals surface area (Å²) in [6.45, 7) is 0. The molecule has 0 amide bonds. The molecule has 0 radical (unpaired) electrons.